The van der Waals surface area contributed by atoms with Gasteiger partial charge in [-0.1, -0.05) is 0 Å². The van der Waals surface area contributed by atoms with Crippen LogP contribution in [-0.2, 0) is 0 Å². The summed E-state index contributed by atoms with van der Waals surface area (Å²) in [4.78, 5) is 26.6. The van der Waals surface area contributed by atoms with Crippen LogP contribution in [0.1, 0.15) is 33.2 Å². The number of rotatable bonds is 3. The van der Waals surface area contributed by atoms with Gasteiger partial charge in [0.05, 0.1) is 12.1 Å². The lowest BCUT2D eigenvalue weighted by molar-refractivity contribution is 0.0957. The van der Waals surface area contributed by atoms with Crippen LogP contribution >= 0.6 is 0 Å². The first kappa shape index (κ1) is 17.0. The zero-order valence-corrected chi connectivity index (χ0v) is 14.1. The number of hydrogen-bond donors (Lipinski definition) is 1. The summed E-state index contributed by atoms with van der Waals surface area (Å²) in [5, 5.41) is 2.72. The van der Waals surface area contributed by atoms with Crippen LogP contribution in [0.2, 0.25) is 0 Å². The molecule has 25 heavy (non-hydrogen) atoms. The van der Waals surface area contributed by atoms with Crippen molar-refractivity contribution in [1.82, 2.24) is 5.32 Å². The Balaban J connectivity index is 1.96. The van der Waals surface area contributed by atoms with Crippen LogP contribution in [0, 0.1) is 12.7 Å². The van der Waals surface area contributed by atoms with Crippen LogP contribution in [0.25, 0.3) is 0 Å². The number of aryl methyl sites for hydroxylation is 1. The number of carbonyl (C=O) groups excluding carboxylic acids is 2. The van der Waals surface area contributed by atoms with Gasteiger partial charge in [0.1, 0.15) is 18.2 Å². The van der Waals surface area contributed by atoms with E-state index in [1.807, 2.05) is 6.92 Å². The summed E-state index contributed by atoms with van der Waals surface area (Å²) in [6.45, 7) is 4.73. The van der Waals surface area contributed by atoms with Gasteiger partial charge in [-0.15, -0.1) is 0 Å². The molecule has 130 valence electrons. The summed E-state index contributed by atoms with van der Waals surface area (Å²) >= 11 is 0. The minimum Gasteiger partial charge on any atom is -0.491 e. The first-order valence-electron chi connectivity index (χ1n) is 8.14. The number of hydrogen-bond acceptors (Lipinski definition) is 3. The molecule has 2 amide bonds. The van der Waals surface area contributed by atoms with Crippen LogP contribution in [0.4, 0.5) is 10.1 Å². The van der Waals surface area contributed by atoms with Gasteiger partial charge in [-0.2, -0.15) is 0 Å². The minimum atomic E-state index is -0.314. The van der Waals surface area contributed by atoms with E-state index in [1.54, 1.807) is 36.1 Å². The van der Waals surface area contributed by atoms with E-state index >= 15 is 0 Å². The van der Waals surface area contributed by atoms with Crippen molar-refractivity contribution in [3.8, 4) is 5.75 Å². The maximum Gasteiger partial charge on any atom is 0.258 e. The Bertz CT molecular complexity index is 835. The number of ether oxygens (including phenoxy) is 1. The summed E-state index contributed by atoms with van der Waals surface area (Å²) in [5.41, 5.74) is 1.80. The smallest absolute Gasteiger partial charge is 0.258 e. The Hall–Kier alpha value is -2.89. The number of halogens is 1. The van der Waals surface area contributed by atoms with Gasteiger partial charge in [-0.3, -0.25) is 9.59 Å². The Morgan fingerprint density at radius 2 is 2.08 bits per heavy atom. The molecule has 0 spiro atoms. The SMILES string of the molecule is CCN(C(=O)c1ccc2c(c1)C(=O)NCCO2)c1ccc(F)c(C)c1. The summed E-state index contributed by atoms with van der Waals surface area (Å²) in [6, 6.07) is 9.37. The molecule has 6 heteroatoms. The number of carbonyl (C=O) groups is 2. The maximum absolute atomic E-state index is 13.5. The Morgan fingerprint density at radius 1 is 1.28 bits per heavy atom. The highest BCUT2D eigenvalue weighted by atomic mass is 19.1. The molecule has 2 aromatic carbocycles. The van der Waals surface area contributed by atoms with E-state index < -0.39 is 0 Å². The van der Waals surface area contributed by atoms with Gasteiger partial charge in [0.2, 0.25) is 0 Å². The van der Waals surface area contributed by atoms with Crippen LogP contribution in [0.5, 0.6) is 5.75 Å². The normalized spacial score (nSPS) is 13.3. The number of amides is 2. The van der Waals surface area contributed by atoms with E-state index in [0.29, 0.717) is 47.8 Å². The number of nitrogens with one attached hydrogen (secondary N) is 1. The van der Waals surface area contributed by atoms with Gasteiger partial charge in [-0.25, -0.2) is 4.39 Å². The highest BCUT2D eigenvalue weighted by Crippen LogP contribution is 2.25. The lowest BCUT2D eigenvalue weighted by atomic mass is 10.1. The van der Waals surface area contributed by atoms with Crippen molar-refractivity contribution >= 4 is 17.5 Å². The highest BCUT2D eigenvalue weighted by Gasteiger charge is 2.22. The first-order valence-corrected chi connectivity index (χ1v) is 8.14. The predicted octanol–water partition coefficient (Wildman–Crippen LogP) is 2.92. The fraction of sp³-hybridized carbons (Fsp3) is 0.263. The van der Waals surface area contributed by atoms with Crippen LogP contribution < -0.4 is 15.0 Å². The number of fused-ring (bicyclic) bond motifs is 1. The average Bonchev–Trinajstić information content (AvgIpc) is 2.80. The lowest BCUT2D eigenvalue weighted by Gasteiger charge is -2.22. The summed E-state index contributed by atoms with van der Waals surface area (Å²) in [6.07, 6.45) is 0. The average molecular weight is 342 g/mol. The van der Waals surface area contributed by atoms with Crippen LogP contribution in [0.15, 0.2) is 36.4 Å². The molecule has 0 saturated carbocycles. The molecule has 1 heterocycles. The van der Waals surface area contributed by atoms with E-state index in [9.17, 15) is 14.0 Å². The van der Waals surface area contributed by atoms with Crippen molar-refractivity contribution in [2.45, 2.75) is 13.8 Å². The van der Waals surface area contributed by atoms with Gasteiger partial charge < -0.3 is 15.0 Å². The third kappa shape index (κ3) is 3.33. The molecule has 0 bridgehead atoms. The summed E-state index contributed by atoms with van der Waals surface area (Å²) in [7, 11) is 0. The molecular formula is C19H19FN2O3. The minimum absolute atomic E-state index is 0.256. The van der Waals surface area contributed by atoms with E-state index in [1.165, 1.54) is 12.1 Å². The van der Waals surface area contributed by atoms with Gasteiger partial charge in [0.15, 0.2) is 0 Å². The van der Waals surface area contributed by atoms with Crippen molar-refractivity contribution in [3.05, 3.63) is 58.9 Å². The van der Waals surface area contributed by atoms with Gasteiger partial charge >= 0.3 is 0 Å². The molecular weight excluding hydrogens is 323 g/mol. The zero-order valence-electron chi connectivity index (χ0n) is 14.1. The monoisotopic (exact) mass is 342 g/mol. The zero-order chi connectivity index (χ0) is 18.0. The van der Waals surface area contributed by atoms with Gasteiger partial charge in [0.25, 0.3) is 11.8 Å². The second kappa shape index (κ2) is 6.93. The second-order valence-corrected chi connectivity index (χ2v) is 5.80. The molecule has 0 atom stereocenters. The lowest BCUT2D eigenvalue weighted by Crippen LogP contribution is -2.31. The summed E-state index contributed by atoms with van der Waals surface area (Å²) < 4.78 is 19.0. The fourth-order valence-electron chi connectivity index (χ4n) is 2.78. The molecule has 0 saturated heterocycles. The Labute approximate surface area is 145 Å². The van der Waals surface area contributed by atoms with E-state index in [4.69, 9.17) is 4.74 Å². The molecule has 0 unspecified atom stereocenters. The van der Waals surface area contributed by atoms with Crippen molar-refractivity contribution in [2.75, 3.05) is 24.6 Å². The van der Waals surface area contributed by atoms with Crippen LogP contribution in [0.3, 0.4) is 0 Å². The second-order valence-electron chi connectivity index (χ2n) is 5.80. The highest BCUT2D eigenvalue weighted by molar-refractivity contribution is 6.08. The quantitative estimate of drug-likeness (QED) is 0.933. The molecule has 5 nitrogen and oxygen atoms in total. The summed E-state index contributed by atoms with van der Waals surface area (Å²) in [5.74, 6) is -0.366. The largest absolute Gasteiger partial charge is 0.491 e. The van der Waals surface area contributed by atoms with Gasteiger partial charge in [0, 0.05) is 17.8 Å². The molecule has 0 aliphatic carbocycles. The fourth-order valence-corrected chi connectivity index (χ4v) is 2.78. The molecule has 1 aliphatic rings. The van der Waals surface area contributed by atoms with E-state index in [2.05, 4.69) is 5.32 Å². The molecule has 0 radical (unpaired) electrons. The number of nitrogens with zero attached hydrogens (tertiary/aromatic N) is 1. The number of anilines is 1. The third-order valence-electron chi connectivity index (χ3n) is 4.13. The molecule has 3 rings (SSSR count). The molecule has 2 aromatic rings. The van der Waals surface area contributed by atoms with Crippen LogP contribution in [-0.4, -0.2) is 31.5 Å². The van der Waals surface area contributed by atoms with Gasteiger partial charge in [-0.05, 0) is 55.8 Å². The maximum atomic E-state index is 13.5. The number of benzene rings is 2. The molecule has 1 N–H and O–H groups in total. The standard InChI is InChI=1S/C19H19FN2O3/c1-3-22(14-5-6-16(20)12(2)10-14)19(24)13-4-7-17-15(11-13)18(23)21-8-9-25-17/h4-7,10-11H,3,8-9H2,1-2H3,(H,21,23). The van der Waals surface area contributed by atoms with Crippen molar-refractivity contribution in [2.24, 2.45) is 0 Å². The molecule has 1 aliphatic heterocycles. The Kier molecular flexibility index (Phi) is 4.70. The van der Waals surface area contributed by atoms with E-state index in [-0.39, 0.29) is 17.6 Å². The molecule has 0 aromatic heterocycles. The topological polar surface area (TPSA) is 58.6 Å². The van der Waals surface area contributed by atoms with Crippen molar-refractivity contribution < 1.29 is 18.7 Å². The van der Waals surface area contributed by atoms with E-state index in [0.717, 1.165) is 0 Å². The molecule has 0 fully saturated rings. The Morgan fingerprint density at radius 3 is 2.80 bits per heavy atom. The predicted molar refractivity (Wildman–Crippen MR) is 92.8 cm³/mol. The van der Waals surface area contributed by atoms with Crippen molar-refractivity contribution in [3.63, 3.8) is 0 Å². The van der Waals surface area contributed by atoms with Crippen molar-refractivity contribution in [1.29, 1.82) is 0 Å². The first-order chi connectivity index (χ1) is 12.0. The third-order valence-corrected chi connectivity index (χ3v) is 4.13.